The SMILES string of the molecule is O=C(c1cccc(Oc2ccccc2)c1)N1CCC(CCCC2CCN(C(=O)c3cccc(Oc4ccccc4)c3)CC2)CC1. The number of piperidine rings is 2. The maximum absolute atomic E-state index is 13.2. The first kappa shape index (κ1) is 30.4. The lowest BCUT2D eigenvalue weighted by Gasteiger charge is -2.34. The second kappa shape index (κ2) is 14.9. The van der Waals surface area contributed by atoms with Gasteiger partial charge in [0.1, 0.15) is 23.0 Å². The molecule has 2 saturated heterocycles. The average molecular weight is 603 g/mol. The van der Waals surface area contributed by atoms with Crippen LogP contribution >= 0.6 is 0 Å². The molecule has 0 aliphatic carbocycles. The smallest absolute Gasteiger partial charge is 0.253 e. The molecule has 0 N–H and O–H groups in total. The molecule has 0 bridgehead atoms. The number of carbonyl (C=O) groups is 2. The lowest BCUT2D eigenvalue weighted by molar-refractivity contribution is 0.0679. The summed E-state index contributed by atoms with van der Waals surface area (Å²) in [5, 5.41) is 0. The monoisotopic (exact) mass is 602 g/mol. The van der Waals surface area contributed by atoms with Crippen molar-refractivity contribution in [2.45, 2.75) is 44.9 Å². The molecule has 4 aromatic rings. The van der Waals surface area contributed by atoms with Gasteiger partial charge >= 0.3 is 0 Å². The minimum atomic E-state index is 0.0868. The van der Waals surface area contributed by atoms with Crippen LogP contribution in [0.25, 0.3) is 0 Å². The van der Waals surface area contributed by atoms with E-state index in [1.165, 1.54) is 19.3 Å². The first-order valence-electron chi connectivity index (χ1n) is 16.4. The first-order chi connectivity index (χ1) is 22.1. The van der Waals surface area contributed by atoms with Gasteiger partial charge < -0.3 is 19.3 Å². The van der Waals surface area contributed by atoms with Crippen LogP contribution in [0.1, 0.15) is 65.7 Å². The zero-order chi connectivity index (χ0) is 30.8. The molecule has 0 radical (unpaired) electrons. The fourth-order valence-electron chi connectivity index (χ4n) is 6.54. The number of nitrogens with zero attached hydrogens (tertiary/aromatic N) is 2. The van der Waals surface area contributed by atoms with Crippen LogP contribution in [0.3, 0.4) is 0 Å². The standard InChI is InChI=1S/C39H42N2O4/c42-38(32-12-8-18-36(28-32)44-34-14-3-1-4-15-34)40-24-20-30(21-25-40)10-7-11-31-22-26-41(27-23-31)39(43)33-13-9-19-37(29-33)45-35-16-5-2-6-17-35/h1-6,8-9,12-19,28-31H,7,10-11,20-27H2. The van der Waals surface area contributed by atoms with Gasteiger partial charge in [0, 0.05) is 37.3 Å². The fraction of sp³-hybridized carbons (Fsp3) is 0.333. The summed E-state index contributed by atoms with van der Waals surface area (Å²) < 4.78 is 11.9. The molecular weight excluding hydrogens is 560 g/mol. The Morgan fingerprint density at radius 2 is 0.889 bits per heavy atom. The van der Waals surface area contributed by atoms with Crippen molar-refractivity contribution in [3.05, 3.63) is 120 Å². The van der Waals surface area contributed by atoms with E-state index in [9.17, 15) is 9.59 Å². The number of likely N-dealkylation sites (tertiary alicyclic amines) is 2. The van der Waals surface area contributed by atoms with Crippen molar-refractivity contribution < 1.29 is 19.1 Å². The van der Waals surface area contributed by atoms with Crippen molar-refractivity contribution in [1.82, 2.24) is 9.80 Å². The van der Waals surface area contributed by atoms with Gasteiger partial charge in [-0.15, -0.1) is 0 Å². The van der Waals surface area contributed by atoms with Gasteiger partial charge in [0.05, 0.1) is 0 Å². The van der Waals surface area contributed by atoms with E-state index >= 15 is 0 Å². The average Bonchev–Trinajstić information content (AvgIpc) is 3.09. The van der Waals surface area contributed by atoms with Gasteiger partial charge in [0.15, 0.2) is 0 Å². The predicted molar refractivity (Wildman–Crippen MR) is 177 cm³/mol. The Morgan fingerprint density at radius 3 is 1.29 bits per heavy atom. The second-order valence-corrected chi connectivity index (χ2v) is 12.3. The Labute approximate surface area is 266 Å². The Bertz CT molecular complexity index is 1420. The molecule has 0 unspecified atom stereocenters. The number of amides is 2. The zero-order valence-electron chi connectivity index (χ0n) is 25.9. The third-order valence-corrected chi connectivity index (χ3v) is 9.15. The van der Waals surface area contributed by atoms with Crippen LogP contribution in [0, 0.1) is 11.8 Å². The summed E-state index contributed by atoms with van der Waals surface area (Å²) >= 11 is 0. The Kier molecular flexibility index (Phi) is 10.1. The number of ether oxygens (including phenoxy) is 2. The summed E-state index contributed by atoms with van der Waals surface area (Å²) in [7, 11) is 0. The van der Waals surface area contributed by atoms with E-state index in [0.29, 0.717) is 34.5 Å². The fourth-order valence-corrected chi connectivity index (χ4v) is 6.54. The number of para-hydroxylation sites is 2. The van der Waals surface area contributed by atoms with Crippen molar-refractivity contribution in [3.63, 3.8) is 0 Å². The van der Waals surface area contributed by atoms with Crippen LogP contribution in [-0.4, -0.2) is 47.8 Å². The van der Waals surface area contributed by atoms with E-state index in [2.05, 4.69) is 0 Å². The summed E-state index contributed by atoms with van der Waals surface area (Å²) in [6, 6.07) is 34.3. The van der Waals surface area contributed by atoms with Gasteiger partial charge in [-0.3, -0.25) is 9.59 Å². The van der Waals surface area contributed by atoms with Crippen molar-refractivity contribution in [2.75, 3.05) is 26.2 Å². The molecule has 2 heterocycles. The number of hydrogen-bond donors (Lipinski definition) is 0. The van der Waals surface area contributed by atoms with Crippen molar-refractivity contribution >= 4 is 11.8 Å². The molecule has 4 aromatic carbocycles. The van der Waals surface area contributed by atoms with Crippen molar-refractivity contribution in [2.24, 2.45) is 11.8 Å². The molecule has 232 valence electrons. The van der Waals surface area contributed by atoms with Gasteiger partial charge in [-0.25, -0.2) is 0 Å². The highest BCUT2D eigenvalue weighted by Crippen LogP contribution is 2.30. The Hall–Kier alpha value is -4.58. The third-order valence-electron chi connectivity index (χ3n) is 9.15. The molecule has 6 nitrogen and oxygen atoms in total. The largest absolute Gasteiger partial charge is 0.457 e. The topological polar surface area (TPSA) is 59.1 Å². The third kappa shape index (κ3) is 8.33. The van der Waals surface area contributed by atoms with E-state index in [1.807, 2.05) is 119 Å². The minimum absolute atomic E-state index is 0.0868. The molecule has 2 aliphatic rings. The lowest BCUT2D eigenvalue weighted by atomic mass is 9.86. The maximum atomic E-state index is 13.2. The molecule has 0 aromatic heterocycles. The Balaban J connectivity index is 0.895. The second-order valence-electron chi connectivity index (χ2n) is 12.3. The normalized spacial score (nSPS) is 15.9. The molecule has 0 spiro atoms. The van der Waals surface area contributed by atoms with Crippen LogP contribution in [-0.2, 0) is 0 Å². The van der Waals surface area contributed by atoms with Crippen LogP contribution in [0.4, 0.5) is 0 Å². The van der Waals surface area contributed by atoms with E-state index in [1.54, 1.807) is 0 Å². The number of hydrogen-bond acceptors (Lipinski definition) is 4. The molecule has 2 aliphatic heterocycles. The molecule has 0 saturated carbocycles. The van der Waals surface area contributed by atoms with Crippen molar-refractivity contribution in [1.29, 1.82) is 0 Å². The highest BCUT2D eigenvalue weighted by atomic mass is 16.5. The summed E-state index contributed by atoms with van der Waals surface area (Å²) in [5.41, 5.74) is 1.36. The van der Waals surface area contributed by atoms with E-state index in [4.69, 9.17) is 9.47 Å². The van der Waals surface area contributed by atoms with Crippen LogP contribution < -0.4 is 9.47 Å². The van der Waals surface area contributed by atoms with E-state index < -0.39 is 0 Å². The highest BCUT2D eigenvalue weighted by Gasteiger charge is 2.26. The van der Waals surface area contributed by atoms with Crippen molar-refractivity contribution in [3.8, 4) is 23.0 Å². The van der Waals surface area contributed by atoms with Gasteiger partial charge in [-0.05, 0) is 98.2 Å². The molecule has 6 rings (SSSR count). The number of rotatable bonds is 10. The molecule has 45 heavy (non-hydrogen) atoms. The molecular formula is C39H42N2O4. The van der Waals surface area contributed by atoms with Crippen LogP contribution in [0.5, 0.6) is 23.0 Å². The molecule has 2 amide bonds. The van der Waals surface area contributed by atoms with Gasteiger partial charge in [0.25, 0.3) is 11.8 Å². The summed E-state index contributed by atoms with van der Waals surface area (Å²) in [4.78, 5) is 30.4. The lowest BCUT2D eigenvalue weighted by Crippen LogP contribution is -2.39. The quantitative estimate of drug-likeness (QED) is 0.182. The minimum Gasteiger partial charge on any atom is -0.457 e. The molecule has 2 fully saturated rings. The first-order valence-corrected chi connectivity index (χ1v) is 16.4. The van der Waals surface area contributed by atoms with Crippen LogP contribution in [0.2, 0.25) is 0 Å². The highest BCUT2D eigenvalue weighted by molar-refractivity contribution is 5.95. The molecule has 0 atom stereocenters. The van der Waals surface area contributed by atoms with Gasteiger partial charge in [-0.2, -0.15) is 0 Å². The number of benzene rings is 4. The molecule has 6 heteroatoms. The van der Waals surface area contributed by atoms with E-state index in [-0.39, 0.29) is 11.8 Å². The zero-order valence-corrected chi connectivity index (χ0v) is 25.9. The predicted octanol–water partition coefficient (Wildman–Crippen LogP) is 8.85. The summed E-state index contributed by atoms with van der Waals surface area (Å²) in [6.07, 6.45) is 7.90. The summed E-state index contributed by atoms with van der Waals surface area (Å²) in [5.74, 6) is 4.41. The Morgan fingerprint density at radius 1 is 0.511 bits per heavy atom. The summed E-state index contributed by atoms with van der Waals surface area (Å²) in [6.45, 7) is 3.24. The van der Waals surface area contributed by atoms with Crippen LogP contribution in [0.15, 0.2) is 109 Å². The maximum Gasteiger partial charge on any atom is 0.253 e. The number of carbonyl (C=O) groups excluding carboxylic acids is 2. The van der Waals surface area contributed by atoms with E-state index in [0.717, 1.165) is 63.4 Å². The van der Waals surface area contributed by atoms with Gasteiger partial charge in [0.2, 0.25) is 0 Å². The van der Waals surface area contributed by atoms with Gasteiger partial charge in [-0.1, -0.05) is 67.8 Å².